The van der Waals surface area contributed by atoms with Gasteiger partial charge < -0.3 is 18.3 Å². The van der Waals surface area contributed by atoms with Gasteiger partial charge in [0.15, 0.2) is 0 Å². The van der Waals surface area contributed by atoms with E-state index in [0.29, 0.717) is 34.0 Å². The third kappa shape index (κ3) is 7.37. The van der Waals surface area contributed by atoms with Crippen molar-refractivity contribution in [1.82, 2.24) is 18.3 Å². The Morgan fingerprint density at radius 1 is 0.290 bits per heavy atom. The normalized spacial score (nSPS) is 12.2. The van der Waals surface area contributed by atoms with E-state index in [1.807, 2.05) is 0 Å². The van der Waals surface area contributed by atoms with Crippen molar-refractivity contribution in [3.05, 3.63) is 320 Å². The fourth-order valence-electron chi connectivity index (χ4n) is 17.3. The molecule has 22 aromatic rings. The number of hydrogen-bond donors (Lipinski definition) is 0. The second-order valence-corrected chi connectivity index (χ2v) is 28.4. The summed E-state index contributed by atoms with van der Waals surface area (Å²) in [4.78, 5) is 5.19. The van der Waals surface area contributed by atoms with Gasteiger partial charge in [0.2, 0.25) is 5.69 Å². The molecular weight excluding hydrogens is 1250 g/mol. The van der Waals surface area contributed by atoms with Gasteiger partial charge >= 0.3 is 0 Å². The minimum atomic E-state index is 0.389. The molecule has 0 aliphatic heterocycles. The molecule has 0 saturated heterocycles. The van der Waals surface area contributed by atoms with Gasteiger partial charge in [0, 0.05) is 74.0 Å². The Morgan fingerprint density at radius 2 is 0.710 bits per heavy atom. The average Bonchev–Trinajstić information content (AvgIpc) is 1.41. The maximum Gasteiger partial charge on any atom is 0.238 e. The minimum Gasteiger partial charge on any atom is -0.317 e. The molecule has 22 rings (SSSR count). The Bertz CT molecular complexity index is 7400. The first-order chi connectivity index (χ1) is 49.6. The SMILES string of the molecule is [C-]#[N+]c1c(-n2c3ccccc3c3ccccc32)c(-n2c3cc(-c4cc5ccccc5c5ccccc45)ccc3c3ccc4c5ccccc5sc4c32)c(C#N)c(-n2c3ccccc3c3ccccc32)c1-n1c2cccc(-c3cccc4ccccc34)c2c2ccc3c4ccccc4sc3c21. The maximum absolute atomic E-state index is 13.6. The van der Waals surface area contributed by atoms with Crippen molar-refractivity contribution in [3.8, 4) is 51.1 Å². The quantitative estimate of drug-likeness (QED) is 0.121. The number of aromatic nitrogens is 4. The number of nitrogens with zero attached hydrogens (tertiary/aromatic N) is 6. The fraction of sp³-hybridized carbons (Fsp3) is 0. The molecule has 0 amide bonds. The molecule has 6 heterocycles. The predicted octanol–water partition coefficient (Wildman–Crippen LogP) is 26.0. The zero-order valence-electron chi connectivity index (χ0n) is 53.4. The Hall–Kier alpha value is -13.1. The van der Waals surface area contributed by atoms with Crippen LogP contribution in [0.4, 0.5) is 5.69 Å². The zero-order chi connectivity index (χ0) is 65.6. The van der Waals surface area contributed by atoms with Crippen molar-refractivity contribution in [2.24, 2.45) is 0 Å². The van der Waals surface area contributed by atoms with Gasteiger partial charge in [-0.1, -0.05) is 249 Å². The molecular formula is C92H50N6S2. The maximum atomic E-state index is 13.6. The van der Waals surface area contributed by atoms with E-state index in [2.05, 4.69) is 328 Å². The fourth-order valence-corrected chi connectivity index (χ4v) is 19.8. The first-order valence-electron chi connectivity index (χ1n) is 33.7. The number of thiophene rings is 2. The highest BCUT2D eigenvalue weighted by atomic mass is 32.1. The molecule has 460 valence electrons. The van der Waals surface area contributed by atoms with E-state index in [9.17, 15) is 11.8 Å². The van der Waals surface area contributed by atoms with Crippen LogP contribution in [0, 0.1) is 17.9 Å². The van der Waals surface area contributed by atoms with Crippen LogP contribution in [-0.2, 0) is 0 Å². The molecule has 6 nitrogen and oxygen atoms in total. The third-order valence-corrected chi connectivity index (χ3v) is 23.8. The van der Waals surface area contributed by atoms with Gasteiger partial charge in [-0.25, -0.2) is 4.85 Å². The number of rotatable bonds is 6. The van der Waals surface area contributed by atoms with Gasteiger partial charge in [-0.3, -0.25) is 0 Å². The summed E-state index contributed by atoms with van der Waals surface area (Å²) in [5.74, 6) is 0. The van der Waals surface area contributed by atoms with Crippen molar-refractivity contribution in [2.75, 3.05) is 0 Å². The Labute approximate surface area is 579 Å². The topological polar surface area (TPSA) is 47.9 Å². The van der Waals surface area contributed by atoms with Crippen LogP contribution in [0.3, 0.4) is 0 Å². The third-order valence-electron chi connectivity index (χ3n) is 21.4. The van der Waals surface area contributed by atoms with Crippen molar-refractivity contribution in [1.29, 1.82) is 5.26 Å². The number of hydrogen-bond acceptors (Lipinski definition) is 3. The molecule has 6 aromatic heterocycles. The summed E-state index contributed by atoms with van der Waals surface area (Å²) in [6, 6.07) is 113. The first kappa shape index (κ1) is 55.1. The molecule has 0 radical (unpaired) electrons. The van der Waals surface area contributed by atoms with E-state index in [1.165, 1.54) is 15.5 Å². The highest BCUT2D eigenvalue weighted by Gasteiger charge is 2.36. The van der Waals surface area contributed by atoms with E-state index < -0.39 is 0 Å². The highest BCUT2D eigenvalue weighted by Crippen LogP contribution is 2.56. The standard InChI is InChI=1S/C92H50N6S2/c1-94-84-89(96-77-39-16-10-31-63(77)64-32-11-17-40-78(64)96)86(98-80-51-55(73-50-54-23-3-5-26-57(54)58-27-6-7-28-60(58)73)44-45-65(80)69-46-47-70-66-33-12-18-42-81(66)99-91(70)87(69)98)74(52-93)85(95-75-37-14-8-29-61(75)62-30-9-15-38-76(62)95)90(84)97-79-41-21-36-68(59-35-20-24-53-22-2-4-25-56(53)59)83(79)72-49-48-71-67-34-13-19-43-82(67)100-92(71)88(72)97/h2-51H. The second kappa shape index (κ2) is 20.7. The molecule has 0 atom stereocenters. The van der Waals surface area contributed by atoms with Gasteiger partial charge in [-0.2, -0.15) is 5.26 Å². The molecule has 0 saturated carbocycles. The average molecular weight is 1300 g/mol. The van der Waals surface area contributed by atoms with Crippen LogP contribution in [0.25, 0.3) is 210 Å². The second-order valence-electron chi connectivity index (χ2n) is 26.3. The molecule has 0 aliphatic carbocycles. The molecule has 100 heavy (non-hydrogen) atoms. The van der Waals surface area contributed by atoms with E-state index in [0.717, 1.165) is 167 Å². The summed E-state index contributed by atoms with van der Waals surface area (Å²) in [6.45, 7) is 10.6. The van der Waals surface area contributed by atoms with Crippen molar-refractivity contribution in [2.45, 2.75) is 0 Å². The van der Waals surface area contributed by atoms with Gasteiger partial charge in [0.05, 0.1) is 82.9 Å². The van der Waals surface area contributed by atoms with Crippen LogP contribution < -0.4 is 0 Å². The summed E-state index contributed by atoms with van der Waals surface area (Å²) in [6.07, 6.45) is 0. The predicted molar refractivity (Wildman–Crippen MR) is 424 cm³/mol. The van der Waals surface area contributed by atoms with Crippen molar-refractivity contribution < 1.29 is 0 Å². The van der Waals surface area contributed by atoms with Crippen LogP contribution in [0.2, 0.25) is 0 Å². The van der Waals surface area contributed by atoms with Gasteiger partial charge in [0.1, 0.15) is 11.6 Å². The monoisotopic (exact) mass is 1300 g/mol. The van der Waals surface area contributed by atoms with Gasteiger partial charge in [-0.15, -0.1) is 22.7 Å². The Balaban J connectivity index is 1.02. The Kier molecular flexibility index (Phi) is 11.4. The van der Waals surface area contributed by atoms with E-state index in [-0.39, 0.29) is 0 Å². The molecule has 8 heteroatoms. The lowest BCUT2D eigenvalue weighted by Gasteiger charge is -2.27. The zero-order valence-corrected chi connectivity index (χ0v) is 55.0. The molecule has 0 spiro atoms. The summed E-state index contributed by atoms with van der Waals surface area (Å²) in [7, 11) is 0. The molecule has 0 bridgehead atoms. The molecule has 0 aliphatic rings. The van der Waals surface area contributed by atoms with E-state index in [4.69, 9.17) is 4.85 Å². The molecule has 0 fully saturated rings. The van der Waals surface area contributed by atoms with E-state index >= 15 is 0 Å². The first-order valence-corrected chi connectivity index (χ1v) is 35.4. The summed E-state index contributed by atoms with van der Waals surface area (Å²) in [5.41, 5.74) is 15.0. The highest BCUT2D eigenvalue weighted by molar-refractivity contribution is 7.27. The number of nitriles is 1. The van der Waals surface area contributed by atoms with Crippen LogP contribution in [-0.4, -0.2) is 18.3 Å². The summed E-state index contributed by atoms with van der Waals surface area (Å²) in [5, 5.41) is 33.5. The largest absolute Gasteiger partial charge is 0.317 e. The lowest BCUT2D eigenvalue weighted by atomic mass is 9.93. The van der Waals surface area contributed by atoms with Crippen molar-refractivity contribution >= 4 is 188 Å². The van der Waals surface area contributed by atoms with Crippen molar-refractivity contribution in [3.63, 3.8) is 0 Å². The van der Waals surface area contributed by atoms with E-state index in [1.54, 1.807) is 22.7 Å². The number of para-hydroxylation sites is 4. The van der Waals surface area contributed by atoms with Gasteiger partial charge in [0.25, 0.3) is 0 Å². The smallest absolute Gasteiger partial charge is 0.238 e. The lowest BCUT2D eigenvalue weighted by molar-refractivity contribution is 1.04. The van der Waals surface area contributed by atoms with Crippen LogP contribution >= 0.6 is 22.7 Å². The summed E-state index contributed by atoms with van der Waals surface area (Å²) < 4.78 is 14.0. The van der Waals surface area contributed by atoms with Crippen LogP contribution in [0.1, 0.15) is 5.56 Å². The van der Waals surface area contributed by atoms with Crippen LogP contribution in [0.5, 0.6) is 0 Å². The molecule has 16 aromatic carbocycles. The molecule has 0 unspecified atom stereocenters. The van der Waals surface area contributed by atoms with Crippen LogP contribution in [0.15, 0.2) is 303 Å². The summed E-state index contributed by atoms with van der Waals surface area (Å²) >= 11 is 3.57. The Morgan fingerprint density at radius 3 is 1.33 bits per heavy atom. The number of benzene rings is 16. The minimum absolute atomic E-state index is 0.389. The molecule has 0 N–H and O–H groups in total. The lowest BCUT2D eigenvalue weighted by Crippen LogP contribution is -2.14. The van der Waals surface area contributed by atoms with Gasteiger partial charge in [-0.05, 0) is 109 Å². The number of fused-ring (bicyclic) bond motifs is 24.